The van der Waals surface area contributed by atoms with E-state index in [-0.39, 0.29) is 17.8 Å². The van der Waals surface area contributed by atoms with Gasteiger partial charge in [-0.05, 0) is 29.8 Å². The van der Waals surface area contributed by atoms with E-state index in [0.717, 1.165) is 10.9 Å². The lowest BCUT2D eigenvalue weighted by atomic mass is 10.2. The van der Waals surface area contributed by atoms with E-state index in [1.807, 2.05) is 0 Å². The number of nitro benzene ring substituents is 1. The van der Waals surface area contributed by atoms with Gasteiger partial charge in [-0.25, -0.2) is 0 Å². The Hall–Kier alpha value is -2.40. The zero-order valence-corrected chi connectivity index (χ0v) is 11.1. The molecule has 0 aliphatic carbocycles. The lowest BCUT2D eigenvalue weighted by Gasteiger charge is -2.05. The van der Waals surface area contributed by atoms with Crippen molar-refractivity contribution in [1.29, 1.82) is 0 Å². The van der Waals surface area contributed by atoms with Gasteiger partial charge in [0.25, 0.3) is 11.6 Å². The maximum absolute atomic E-state index is 12.0. The number of benzene rings is 2. The fourth-order valence-corrected chi connectivity index (χ4v) is 1.70. The van der Waals surface area contributed by atoms with Gasteiger partial charge in [0.1, 0.15) is 0 Å². The largest absolute Gasteiger partial charge is 0.348 e. The zero-order chi connectivity index (χ0) is 15.4. The number of nitrogens with one attached hydrogen (secondary N) is 1. The number of halogens is 1. The van der Waals surface area contributed by atoms with E-state index in [1.54, 1.807) is 24.3 Å². The van der Waals surface area contributed by atoms with Crippen molar-refractivity contribution in [3.63, 3.8) is 0 Å². The highest BCUT2D eigenvalue weighted by atomic mass is 35.5. The standard InChI is InChI=1S/C14H11ClN2O3/c15-12-5-1-10(2-6-12)9-16-14(18)11-3-7-13(8-4-11)17(19)20/h1-8H,9H2,(H,16,18)/i/hD. The molecule has 102 valence electrons. The average molecular weight is 292 g/mol. The van der Waals surface area contributed by atoms with Crippen LogP contribution in [0.1, 0.15) is 15.9 Å². The first-order valence-corrected chi connectivity index (χ1v) is 6.15. The van der Waals surface area contributed by atoms with E-state index in [0.29, 0.717) is 5.02 Å². The number of non-ortho nitro benzene ring substituents is 1. The van der Waals surface area contributed by atoms with E-state index < -0.39 is 10.8 Å². The Balaban J connectivity index is 2.08. The van der Waals surface area contributed by atoms with Gasteiger partial charge in [0.2, 0.25) is 0 Å². The van der Waals surface area contributed by atoms with Gasteiger partial charge in [-0.3, -0.25) is 14.9 Å². The van der Waals surface area contributed by atoms with E-state index in [1.165, 1.54) is 24.3 Å². The average Bonchev–Trinajstić information content (AvgIpc) is 2.49. The SMILES string of the molecule is [2H]N(Cc1ccc(Cl)cc1)C(=O)c1ccc([N+](=O)[O-])cc1. The van der Waals surface area contributed by atoms with Crippen LogP contribution in [0.4, 0.5) is 5.69 Å². The predicted octanol–water partition coefficient (Wildman–Crippen LogP) is 3.18. The first-order chi connectivity index (χ1) is 9.97. The molecule has 0 saturated carbocycles. The van der Waals surface area contributed by atoms with Crippen LogP contribution in [0.5, 0.6) is 0 Å². The summed E-state index contributed by atoms with van der Waals surface area (Å²) >= 11 is 5.76. The summed E-state index contributed by atoms with van der Waals surface area (Å²) in [7, 11) is 0. The Morgan fingerprint density at radius 2 is 1.80 bits per heavy atom. The van der Waals surface area contributed by atoms with Gasteiger partial charge in [-0.15, -0.1) is 0 Å². The fraction of sp³-hybridized carbons (Fsp3) is 0.0714. The summed E-state index contributed by atoms with van der Waals surface area (Å²) in [5, 5.41) is 11.9. The minimum atomic E-state index is -0.541. The molecule has 6 heteroatoms. The monoisotopic (exact) mass is 291 g/mol. The number of rotatable bonds is 4. The molecule has 2 rings (SSSR count). The number of carbonyl (C=O) groups is 1. The summed E-state index contributed by atoms with van der Waals surface area (Å²) in [6, 6.07) is 12.0. The number of nitro groups is 1. The molecule has 2 aromatic carbocycles. The molecule has 0 atom stereocenters. The summed E-state index contributed by atoms with van der Waals surface area (Å²) in [6.45, 7) is 0.104. The molecular weight excluding hydrogens is 280 g/mol. The van der Waals surface area contributed by atoms with E-state index in [9.17, 15) is 14.9 Å². The van der Waals surface area contributed by atoms with Gasteiger partial charge < -0.3 is 5.31 Å². The van der Waals surface area contributed by atoms with Crippen molar-refractivity contribution >= 4 is 23.2 Å². The molecule has 0 radical (unpaired) electrons. The van der Waals surface area contributed by atoms with Gasteiger partial charge in [0, 0.05) is 29.3 Å². The van der Waals surface area contributed by atoms with E-state index in [4.69, 9.17) is 13.0 Å². The molecule has 2 aromatic rings. The van der Waals surface area contributed by atoms with Gasteiger partial charge in [0.15, 0.2) is 1.41 Å². The smallest absolute Gasteiger partial charge is 0.269 e. The molecule has 5 nitrogen and oxygen atoms in total. The number of amides is 1. The molecule has 0 bridgehead atoms. The number of carbonyl (C=O) groups excluding carboxylic acids is 1. The molecule has 0 fully saturated rings. The molecule has 0 heterocycles. The second kappa shape index (κ2) is 6.16. The molecule has 0 aromatic heterocycles. The maximum atomic E-state index is 12.0. The topological polar surface area (TPSA) is 72.2 Å². The third-order valence-corrected chi connectivity index (χ3v) is 2.90. The van der Waals surface area contributed by atoms with Crippen LogP contribution in [0.15, 0.2) is 48.5 Å². The van der Waals surface area contributed by atoms with Crippen LogP contribution in [0.3, 0.4) is 0 Å². The number of hydrogen-bond donors (Lipinski definition) is 1. The Kier molecular flexibility index (Phi) is 3.89. The summed E-state index contributed by atoms with van der Waals surface area (Å²) in [4.78, 5) is 22.0. The first-order valence-electron chi connectivity index (χ1n) is 6.22. The van der Waals surface area contributed by atoms with Crippen molar-refractivity contribution in [1.82, 2.24) is 5.31 Å². The molecule has 0 aliphatic heterocycles. The van der Waals surface area contributed by atoms with Crippen molar-refractivity contribution < 1.29 is 11.1 Å². The Bertz CT molecular complexity index is 659. The van der Waals surface area contributed by atoms with Gasteiger partial charge in [0.05, 0.1) is 4.92 Å². The van der Waals surface area contributed by atoms with Crippen LogP contribution in [0.2, 0.25) is 6.43 Å². The first kappa shape index (κ1) is 12.6. The van der Waals surface area contributed by atoms with E-state index >= 15 is 0 Å². The van der Waals surface area contributed by atoms with Crippen LogP contribution in [0, 0.1) is 10.1 Å². The molecular formula is C14H11ClN2O3. The quantitative estimate of drug-likeness (QED) is 0.694. The van der Waals surface area contributed by atoms with Crippen molar-refractivity contribution in [2.24, 2.45) is 0 Å². The van der Waals surface area contributed by atoms with Crippen LogP contribution in [0.25, 0.3) is 0 Å². The molecule has 0 unspecified atom stereocenters. The Morgan fingerprint density at radius 1 is 1.20 bits per heavy atom. The summed E-state index contributed by atoms with van der Waals surface area (Å²) in [5.74, 6) is -0.528. The minimum Gasteiger partial charge on any atom is -0.348 e. The molecule has 0 aliphatic rings. The zero-order valence-electron chi connectivity index (χ0n) is 11.3. The van der Waals surface area contributed by atoms with Crippen LogP contribution < -0.4 is 5.31 Å². The minimum absolute atomic E-state index is 0.0965. The van der Waals surface area contributed by atoms with Crippen LogP contribution in [-0.4, -0.2) is 10.8 Å². The fourth-order valence-electron chi connectivity index (χ4n) is 1.57. The molecule has 0 spiro atoms. The summed E-state index contributed by atoms with van der Waals surface area (Å²) in [5.41, 5.74) is 0.898. The Morgan fingerprint density at radius 3 is 2.35 bits per heavy atom. The van der Waals surface area contributed by atoms with Crippen LogP contribution in [-0.2, 0) is 6.54 Å². The highest BCUT2D eigenvalue weighted by Crippen LogP contribution is 2.12. The van der Waals surface area contributed by atoms with Crippen molar-refractivity contribution in [3.8, 4) is 0 Å². The highest BCUT2D eigenvalue weighted by molar-refractivity contribution is 6.30. The van der Waals surface area contributed by atoms with Crippen molar-refractivity contribution in [2.75, 3.05) is 0 Å². The highest BCUT2D eigenvalue weighted by Gasteiger charge is 2.09. The van der Waals surface area contributed by atoms with Crippen molar-refractivity contribution in [3.05, 3.63) is 74.8 Å². The maximum Gasteiger partial charge on any atom is 0.269 e. The van der Waals surface area contributed by atoms with Crippen LogP contribution >= 0.6 is 11.6 Å². The lowest BCUT2D eigenvalue weighted by Crippen LogP contribution is -2.22. The molecule has 1 N–H and O–H groups in total. The summed E-state index contributed by atoms with van der Waals surface area (Å²) in [6.07, 6.45) is 0. The molecule has 20 heavy (non-hydrogen) atoms. The normalized spacial score (nSPS) is 10.8. The third kappa shape index (κ3) is 3.55. The number of nitrogens with zero attached hydrogens (tertiary/aromatic N) is 1. The van der Waals surface area contributed by atoms with Gasteiger partial charge >= 0.3 is 0 Å². The second-order valence-corrected chi connectivity index (χ2v) is 4.49. The number of hydrogen-bond acceptors (Lipinski definition) is 3. The Labute approximate surface area is 121 Å². The predicted molar refractivity (Wildman–Crippen MR) is 75.7 cm³/mol. The van der Waals surface area contributed by atoms with Gasteiger partial charge in [-0.1, -0.05) is 23.7 Å². The lowest BCUT2D eigenvalue weighted by molar-refractivity contribution is -0.384. The van der Waals surface area contributed by atoms with Crippen molar-refractivity contribution in [2.45, 2.75) is 6.54 Å². The third-order valence-electron chi connectivity index (χ3n) is 2.64. The molecule has 0 saturated heterocycles. The molecule has 1 amide bonds. The summed E-state index contributed by atoms with van der Waals surface area (Å²) < 4.78 is 7.76. The second-order valence-electron chi connectivity index (χ2n) is 4.05. The van der Waals surface area contributed by atoms with Gasteiger partial charge in [-0.2, -0.15) is 0 Å². The van der Waals surface area contributed by atoms with E-state index in [2.05, 4.69) is 0 Å².